The van der Waals surface area contributed by atoms with Crippen LogP contribution in [-0.2, 0) is 34.0 Å². The predicted octanol–water partition coefficient (Wildman–Crippen LogP) is 7.32. The van der Waals surface area contributed by atoms with Crippen molar-refractivity contribution in [2.45, 2.75) is 65.5 Å². The van der Waals surface area contributed by atoms with Gasteiger partial charge in [0.1, 0.15) is 5.75 Å². The standard InChI is InChI=1S/C22H28F3OP.2ClH.Ti/c1-13-9-8-10-15(22(23,24)25)19(13)27-17-12-14(20(2,3)4)11-16(18(17)26)21(5,6)7;;;/h8-12,26-27H,1-7H3;2*1H;/q;;;+2/p-2. The van der Waals surface area contributed by atoms with Crippen molar-refractivity contribution in [3.8, 4) is 5.75 Å². The molecule has 1 atom stereocenters. The summed E-state index contributed by atoms with van der Waals surface area (Å²) in [5, 5.41) is 11.7. The molecule has 2 rings (SSSR count). The molecule has 0 bridgehead atoms. The number of benzene rings is 2. The van der Waals surface area contributed by atoms with Gasteiger partial charge in [-0.1, -0.05) is 68.3 Å². The van der Waals surface area contributed by atoms with E-state index in [-0.39, 0.29) is 30.5 Å². The molecule has 1 nitrogen and oxygen atoms in total. The number of hydrogen-bond acceptors (Lipinski definition) is 1. The van der Waals surface area contributed by atoms with Gasteiger partial charge < -0.3 is 5.11 Å². The molecule has 2 aromatic rings. The number of phenolic OH excluding ortho intramolecular Hbond substituents is 1. The SMILES string of the molecule is Cc1cccc(C(F)(F)F)c1Pc1cc(C(C)(C)C)cc(C(C)(C)C)c1O.[Cl][Ti][Cl]. The Balaban J connectivity index is 0.00000141. The number of aromatic hydroxyl groups is 1. The molecule has 1 unspecified atom stereocenters. The van der Waals surface area contributed by atoms with Gasteiger partial charge >= 0.3 is 41.8 Å². The first-order valence-electron chi connectivity index (χ1n) is 9.32. The molecule has 0 saturated carbocycles. The van der Waals surface area contributed by atoms with Crippen molar-refractivity contribution in [2.24, 2.45) is 0 Å². The van der Waals surface area contributed by atoms with E-state index in [2.05, 4.69) is 20.8 Å². The normalized spacial score (nSPS) is 12.7. The van der Waals surface area contributed by atoms with Crippen molar-refractivity contribution >= 4 is 37.8 Å². The third-order valence-corrected chi connectivity index (χ3v) is 6.19. The maximum absolute atomic E-state index is 13.5. The van der Waals surface area contributed by atoms with E-state index in [1.54, 1.807) is 13.0 Å². The summed E-state index contributed by atoms with van der Waals surface area (Å²) in [7, 11) is 9.51. The van der Waals surface area contributed by atoms with Gasteiger partial charge in [-0.15, -0.1) is 0 Å². The van der Waals surface area contributed by atoms with E-state index < -0.39 is 28.8 Å². The van der Waals surface area contributed by atoms with E-state index in [9.17, 15) is 18.3 Å². The van der Waals surface area contributed by atoms with Crippen LogP contribution in [0.2, 0.25) is 0 Å². The van der Waals surface area contributed by atoms with Crippen molar-refractivity contribution in [1.29, 1.82) is 0 Å². The summed E-state index contributed by atoms with van der Waals surface area (Å²) in [6.07, 6.45) is -4.42. The van der Waals surface area contributed by atoms with E-state index in [1.807, 2.05) is 32.9 Å². The fourth-order valence-electron chi connectivity index (χ4n) is 2.94. The number of alkyl halides is 3. The van der Waals surface area contributed by atoms with E-state index in [1.165, 1.54) is 6.07 Å². The zero-order valence-electron chi connectivity index (χ0n) is 18.2. The molecule has 30 heavy (non-hydrogen) atoms. The Morgan fingerprint density at radius 1 is 0.900 bits per heavy atom. The molecule has 0 spiro atoms. The second kappa shape index (κ2) is 10.6. The van der Waals surface area contributed by atoms with Crippen molar-refractivity contribution in [3.05, 3.63) is 52.6 Å². The Hall–Kier alpha value is -0.246. The first-order chi connectivity index (χ1) is 13.5. The summed E-state index contributed by atoms with van der Waals surface area (Å²) < 4.78 is 40.5. The Bertz CT molecular complexity index is 872. The fraction of sp³-hybridized carbons (Fsp3) is 0.455. The van der Waals surface area contributed by atoms with Crippen LogP contribution >= 0.6 is 27.2 Å². The van der Waals surface area contributed by atoms with Gasteiger partial charge in [0.25, 0.3) is 0 Å². The van der Waals surface area contributed by atoms with Gasteiger partial charge in [0.15, 0.2) is 0 Å². The van der Waals surface area contributed by atoms with Crippen LogP contribution in [0.25, 0.3) is 0 Å². The second-order valence-corrected chi connectivity index (χ2v) is 13.0. The number of halogens is 5. The summed E-state index contributed by atoms with van der Waals surface area (Å²) >= 11 is -0.556. The van der Waals surface area contributed by atoms with Gasteiger partial charge in [-0.05, 0) is 46.3 Å². The topological polar surface area (TPSA) is 20.2 Å². The van der Waals surface area contributed by atoms with E-state index >= 15 is 0 Å². The molecule has 0 amide bonds. The molecule has 0 radical (unpaired) electrons. The average molecular weight is 515 g/mol. The van der Waals surface area contributed by atoms with Gasteiger partial charge in [-0.2, -0.15) is 13.2 Å². The zero-order chi connectivity index (χ0) is 23.5. The van der Waals surface area contributed by atoms with Crippen LogP contribution in [0.5, 0.6) is 5.75 Å². The van der Waals surface area contributed by atoms with Gasteiger partial charge in [-0.3, -0.25) is 0 Å². The molecule has 8 heteroatoms. The van der Waals surface area contributed by atoms with Crippen LogP contribution < -0.4 is 10.6 Å². The molecule has 0 heterocycles. The first kappa shape index (κ1) is 27.8. The summed E-state index contributed by atoms with van der Waals surface area (Å²) in [4.78, 5) is 0. The van der Waals surface area contributed by atoms with Crippen LogP contribution in [-0.4, -0.2) is 5.11 Å². The van der Waals surface area contributed by atoms with E-state index in [0.717, 1.165) is 17.2 Å². The molecule has 1 N–H and O–H groups in total. The zero-order valence-corrected chi connectivity index (χ0v) is 22.3. The van der Waals surface area contributed by atoms with Crippen molar-refractivity contribution in [2.75, 3.05) is 0 Å². The average Bonchev–Trinajstić information content (AvgIpc) is 2.55. The van der Waals surface area contributed by atoms with Crippen molar-refractivity contribution in [1.82, 2.24) is 0 Å². The van der Waals surface area contributed by atoms with Gasteiger partial charge in [0.2, 0.25) is 0 Å². The number of hydrogen-bond donors (Lipinski definition) is 1. The van der Waals surface area contributed by atoms with Crippen LogP contribution in [0.15, 0.2) is 30.3 Å². The van der Waals surface area contributed by atoms with Crippen LogP contribution in [0.1, 0.15) is 63.8 Å². The predicted molar refractivity (Wildman–Crippen MR) is 121 cm³/mol. The third-order valence-electron chi connectivity index (χ3n) is 4.62. The molecule has 0 aliphatic rings. The molecule has 0 fully saturated rings. The van der Waals surface area contributed by atoms with Gasteiger partial charge in [0.05, 0.1) is 5.56 Å². The molecular formula is C22H28Cl2F3OPTi. The number of aryl methyl sites for hydroxylation is 1. The first-order valence-corrected chi connectivity index (χ1v) is 14.6. The monoisotopic (exact) mass is 514 g/mol. The molecule has 2 aromatic carbocycles. The molecular weight excluding hydrogens is 487 g/mol. The van der Waals surface area contributed by atoms with Crippen LogP contribution in [0.4, 0.5) is 13.2 Å². The summed E-state index contributed by atoms with van der Waals surface area (Å²) in [5.74, 6) is 0.102. The second-order valence-electron chi connectivity index (χ2n) is 9.11. The molecule has 0 aromatic heterocycles. The summed E-state index contributed by atoms with van der Waals surface area (Å²) in [6.45, 7) is 13.9. The quantitative estimate of drug-likeness (QED) is 0.329. The van der Waals surface area contributed by atoms with Gasteiger partial charge in [-0.25, -0.2) is 0 Å². The maximum atomic E-state index is 13.5. The van der Waals surface area contributed by atoms with Crippen LogP contribution in [0, 0.1) is 6.92 Å². The minimum absolute atomic E-state index is 0.102. The molecule has 0 aliphatic heterocycles. The van der Waals surface area contributed by atoms with Gasteiger partial charge in [0, 0.05) is 10.9 Å². The Morgan fingerprint density at radius 3 is 1.87 bits per heavy atom. The number of rotatable bonds is 2. The molecule has 0 aliphatic carbocycles. The summed E-state index contributed by atoms with van der Waals surface area (Å²) in [6, 6.07) is 8.07. The fourth-order valence-corrected chi connectivity index (χ4v) is 4.33. The van der Waals surface area contributed by atoms with Crippen LogP contribution in [0.3, 0.4) is 0 Å². The summed E-state index contributed by atoms with van der Waals surface area (Å²) in [5.41, 5.74) is 1.24. The van der Waals surface area contributed by atoms with E-state index in [4.69, 9.17) is 18.6 Å². The number of phenols is 1. The Kier molecular flexibility index (Phi) is 9.80. The van der Waals surface area contributed by atoms with Crippen molar-refractivity contribution < 1.29 is 35.3 Å². The Morgan fingerprint density at radius 2 is 1.43 bits per heavy atom. The molecule has 0 saturated heterocycles. The van der Waals surface area contributed by atoms with Crippen molar-refractivity contribution in [3.63, 3.8) is 0 Å². The minimum atomic E-state index is -4.42. The molecule has 166 valence electrons. The van der Waals surface area contributed by atoms with E-state index in [0.29, 0.717) is 10.9 Å². The third kappa shape index (κ3) is 7.42. The Labute approximate surface area is 196 Å².